The molecule has 0 saturated heterocycles. The number of methoxy groups -OCH3 is 1. The van der Waals surface area contributed by atoms with Crippen LogP contribution >= 0.6 is 0 Å². The van der Waals surface area contributed by atoms with Crippen LogP contribution in [0.2, 0.25) is 0 Å². The Morgan fingerprint density at radius 2 is 1.69 bits per heavy atom. The summed E-state index contributed by atoms with van der Waals surface area (Å²) in [6, 6.07) is 21.2. The van der Waals surface area contributed by atoms with Crippen LogP contribution in [0.5, 0.6) is 5.75 Å². The fourth-order valence-corrected chi connectivity index (χ4v) is 2.82. The van der Waals surface area contributed by atoms with Gasteiger partial charge in [-0.15, -0.1) is 0 Å². The van der Waals surface area contributed by atoms with Crippen LogP contribution in [-0.2, 0) is 16.1 Å². The molecule has 0 aliphatic heterocycles. The highest BCUT2D eigenvalue weighted by molar-refractivity contribution is 5.92. The van der Waals surface area contributed by atoms with Crippen LogP contribution in [0.4, 0.5) is 0 Å². The molecule has 0 N–H and O–H groups in total. The maximum atomic E-state index is 12.8. The Morgan fingerprint density at radius 1 is 1.00 bits per heavy atom. The second kappa shape index (κ2) is 10.2. The third kappa shape index (κ3) is 5.77. The molecule has 5 heteroatoms. The number of aromatic nitrogens is 1. The first-order chi connectivity index (χ1) is 14.2. The van der Waals surface area contributed by atoms with Crippen LogP contribution < -0.4 is 4.74 Å². The lowest BCUT2D eigenvalue weighted by Crippen LogP contribution is -2.29. The molecule has 0 aliphatic carbocycles. The first kappa shape index (κ1) is 20.3. The van der Waals surface area contributed by atoms with Crippen LogP contribution in [0.1, 0.15) is 16.7 Å². The number of rotatable bonds is 8. The summed E-state index contributed by atoms with van der Waals surface area (Å²) in [7, 11) is 3.39. The molecule has 3 rings (SSSR count). The van der Waals surface area contributed by atoms with Crippen molar-refractivity contribution in [3.63, 3.8) is 0 Å². The van der Waals surface area contributed by atoms with Gasteiger partial charge in [-0.2, -0.15) is 0 Å². The van der Waals surface area contributed by atoms with Crippen molar-refractivity contribution < 1.29 is 14.3 Å². The van der Waals surface area contributed by atoms with E-state index in [1.54, 1.807) is 31.5 Å². The monoisotopic (exact) mass is 388 g/mol. The molecule has 0 saturated carbocycles. The minimum absolute atomic E-state index is 0.00354. The molecule has 0 aliphatic rings. The molecule has 0 spiro atoms. The molecule has 0 fully saturated rings. The summed E-state index contributed by atoms with van der Waals surface area (Å²) in [5.41, 5.74) is 3.66. The summed E-state index contributed by atoms with van der Waals surface area (Å²) in [4.78, 5) is 18.5. The Morgan fingerprint density at radius 3 is 2.34 bits per heavy atom. The van der Waals surface area contributed by atoms with Crippen molar-refractivity contribution in [2.45, 2.75) is 6.61 Å². The fraction of sp³-hybridized carbons (Fsp3) is 0.167. The molecule has 148 valence electrons. The normalized spacial score (nSPS) is 11.2. The van der Waals surface area contributed by atoms with E-state index in [0.717, 1.165) is 28.1 Å². The van der Waals surface area contributed by atoms with Crippen molar-refractivity contribution in [1.82, 2.24) is 9.88 Å². The van der Waals surface area contributed by atoms with Gasteiger partial charge < -0.3 is 14.4 Å². The van der Waals surface area contributed by atoms with E-state index in [4.69, 9.17) is 9.47 Å². The average Bonchev–Trinajstić information content (AvgIpc) is 2.78. The molecule has 1 aromatic heterocycles. The zero-order chi connectivity index (χ0) is 20.5. The van der Waals surface area contributed by atoms with E-state index < -0.39 is 0 Å². The molecular formula is C24H24N2O3. The summed E-state index contributed by atoms with van der Waals surface area (Å²) in [5.74, 6) is 0.656. The summed E-state index contributed by atoms with van der Waals surface area (Å²) in [6.07, 6.45) is 5.38. The quantitative estimate of drug-likeness (QED) is 0.578. The second-order valence-electron chi connectivity index (χ2n) is 6.47. The highest BCUT2D eigenvalue weighted by Gasteiger charge is 2.16. The average molecular weight is 388 g/mol. The number of likely N-dealkylation sites (N-methyl/N-ethyl adjacent to an activating group) is 1. The Balaban J connectivity index is 1.75. The van der Waals surface area contributed by atoms with Crippen LogP contribution in [0.15, 0.2) is 79.1 Å². The summed E-state index contributed by atoms with van der Waals surface area (Å²) in [5, 5.41) is 0. The zero-order valence-corrected chi connectivity index (χ0v) is 16.6. The predicted molar refractivity (Wildman–Crippen MR) is 114 cm³/mol. The molecule has 0 unspecified atom stereocenters. The van der Waals surface area contributed by atoms with E-state index in [1.165, 1.54) is 0 Å². The van der Waals surface area contributed by atoms with Gasteiger partial charge in [0.25, 0.3) is 5.91 Å². The van der Waals surface area contributed by atoms with Crippen molar-refractivity contribution in [3.8, 4) is 5.75 Å². The molecule has 1 heterocycles. The molecule has 1 amide bonds. The van der Waals surface area contributed by atoms with Gasteiger partial charge in [0, 0.05) is 25.0 Å². The van der Waals surface area contributed by atoms with Gasteiger partial charge in [-0.25, -0.2) is 0 Å². The number of benzene rings is 2. The first-order valence-corrected chi connectivity index (χ1v) is 9.32. The third-order valence-electron chi connectivity index (χ3n) is 4.47. The van der Waals surface area contributed by atoms with Gasteiger partial charge in [-0.05, 0) is 41.5 Å². The standard InChI is InChI=1S/C24H24N2O3/c1-26(24(27)18-29-17-20-6-4-3-5-7-20)23(21-12-14-25-15-13-21)16-19-8-10-22(28-2)11-9-19/h3-16H,17-18H2,1-2H3/b23-16+. The molecule has 5 nitrogen and oxygen atoms in total. The van der Waals surface area contributed by atoms with Gasteiger partial charge in [0.1, 0.15) is 12.4 Å². The van der Waals surface area contributed by atoms with Crippen LogP contribution in [-0.4, -0.2) is 36.6 Å². The lowest BCUT2D eigenvalue weighted by Gasteiger charge is -2.21. The number of hydrogen-bond donors (Lipinski definition) is 0. The summed E-state index contributed by atoms with van der Waals surface area (Å²) < 4.78 is 10.8. The van der Waals surface area contributed by atoms with Gasteiger partial charge in [0.2, 0.25) is 0 Å². The molecule has 0 atom stereocenters. The zero-order valence-electron chi connectivity index (χ0n) is 16.6. The number of ether oxygens (including phenoxy) is 2. The highest BCUT2D eigenvalue weighted by Crippen LogP contribution is 2.22. The Hall–Kier alpha value is -3.44. The Kier molecular flexibility index (Phi) is 7.14. The van der Waals surface area contributed by atoms with Crippen LogP contribution in [0.3, 0.4) is 0 Å². The largest absolute Gasteiger partial charge is 0.497 e. The second-order valence-corrected chi connectivity index (χ2v) is 6.47. The van der Waals surface area contributed by atoms with E-state index in [9.17, 15) is 4.79 Å². The topological polar surface area (TPSA) is 51.7 Å². The molecular weight excluding hydrogens is 364 g/mol. The summed E-state index contributed by atoms with van der Waals surface area (Å²) in [6.45, 7) is 0.392. The maximum absolute atomic E-state index is 12.8. The number of carbonyl (C=O) groups is 1. The van der Waals surface area contributed by atoms with Crippen molar-refractivity contribution in [2.24, 2.45) is 0 Å². The molecule has 3 aromatic rings. The van der Waals surface area contributed by atoms with E-state index in [1.807, 2.05) is 72.8 Å². The van der Waals surface area contributed by atoms with Crippen LogP contribution in [0.25, 0.3) is 11.8 Å². The predicted octanol–water partition coefficient (Wildman–Crippen LogP) is 4.26. The van der Waals surface area contributed by atoms with Gasteiger partial charge in [-0.1, -0.05) is 42.5 Å². The fourth-order valence-electron chi connectivity index (χ4n) is 2.82. The molecule has 0 radical (unpaired) electrons. The van der Waals surface area contributed by atoms with Crippen molar-refractivity contribution in [2.75, 3.05) is 20.8 Å². The van der Waals surface area contributed by atoms with Crippen molar-refractivity contribution in [1.29, 1.82) is 0 Å². The van der Waals surface area contributed by atoms with E-state index in [2.05, 4.69) is 4.98 Å². The van der Waals surface area contributed by atoms with E-state index in [0.29, 0.717) is 6.61 Å². The van der Waals surface area contributed by atoms with E-state index >= 15 is 0 Å². The third-order valence-corrected chi connectivity index (χ3v) is 4.47. The molecule has 29 heavy (non-hydrogen) atoms. The first-order valence-electron chi connectivity index (χ1n) is 9.32. The maximum Gasteiger partial charge on any atom is 0.252 e. The minimum Gasteiger partial charge on any atom is -0.497 e. The SMILES string of the molecule is COc1ccc(/C=C(\c2ccncc2)N(C)C(=O)COCc2ccccc2)cc1. The number of pyridine rings is 1. The molecule has 2 aromatic carbocycles. The Labute approximate surface area is 171 Å². The molecule has 0 bridgehead atoms. The van der Waals surface area contributed by atoms with Gasteiger partial charge in [0.15, 0.2) is 0 Å². The van der Waals surface area contributed by atoms with Gasteiger partial charge >= 0.3 is 0 Å². The lowest BCUT2D eigenvalue weighted by molar-refractivity contribution is -0.132. The smallest absolute Gasteiger partial charge is 0.252 e. The highest BCUT2D eigenvalue weighted by atomic mass is 16.5. The minimum atomic E-state index is -0.127. The Bertz CT molecular complexity index is 939. The number of nitrogens with zero attached hydrogens (tertiary/aromatic N) is 2. The van der Waals surface area contributed by atoms with Crippen molar-refractivity contribution in [3.05, 3.63) is 95.8 Å². The van der Waals surface area contributed by atoms with Gasteiger partial charge in [-0.3, -0.25) is 9.78 Å². The number of hydrogen-bond acceptors (Lipinski definition) is 4. The number of carbonyl (C=O) groups excluding carboxylic acids is 1. The van der Waals surface area contributed by atoms with Crippen molar-refractivity contribution >= 4 is 17.7 Å². The van der Waals surface area contributed by atoms with Gasteiger partial charge in [0.05, 0.1) is 19.4 Å². The lowest BCUT2D eigenvalue weighted by atomic mass is 10.1. The summed E-state index contributed by atoms with van der Waals surface area (Å²) >= 11 is 0. The van der Waals surface area contributed by atoms with Crippen LogP contribution in [0, 0.1) is 0 Å². The van der Waals surface area contributed by atoms with E-state index in [-0.39, 0.29) is 12.5 Å². The number of amides is 1.